The van der Waals surface area contributed by atoms with Crippen LogP contribution in [0, 0.1) is 35.0 Å². The summed E-state index contributed by atoms with van der Waals surface area (Å²) in [6.45, 7) is 2.95. The number of carbonyl (C=O) groups is 5. The molecule has 6 aliphatic rings. The van der Waals surface area contributed by atoms with E-state index >= 15 is 0 Å². The summed E-state index contributed by atoms with van der Waals surface area (Å²) in [5.41, 5.74) is 8.65. The third-order valence-corrected chi connectivity index (χ3v) is 16.7. The summed E-state index contributed by atoms with van der Waals surface area (Å²) in [7, 11) is 3.76. The number of alkyl halides is 1. The highest BCUT2D eigenvalue weighted by atomic mass is 32.2. The number of aromatic nitrogens is 1. The fourth-order valence-electron chi connectivity index (χ4n) is 11.8. The minimum atomic E-state index is -1.52. The number of ether oxygens (including phenoxy) is 1. The smallest absolute Gasteiger partial charge is 0.257 e. The van der Waals surface area contributed by atoms with Crippen molar-refractivity contribution in [2.24, 2.45) is 28.9 Å². The number of aliphatic hydroxyl groups is 1. The first-order valence-corrected chi connectivity index (χ1v) is 24.6. The minimum Gasteiger partial charge on any atom is -0.496 e. The Morgan fingerprint density at radius 3 is 2.53 bits per heavy atom. The van der Waals surface area contributed by atoms with Gasteiger partial charge in [0.2, 0.25) is 11.8 Å². The number of carbonyl (C=O) groups excluding carboxylic acids is 5. The van der Waals surface area contributed by atoms with Crippen LogP contribution in [-0.4, -0.2) is 106 Å². The van der Waals surface area contributed by atoms with Crippen molar-refractivity contribution in [1.29, 1.82) is 0 Å². The molecule has 0 radical (unpaired) electrons. The SMILES string of the molecule is CCC1C(CSc2ncc(C#CC3CCC(CN(C)C4CCC5(CC4)CC(Nc4cccc6c4C(O)N(C4CCC(=O)NC4=O)C6=O)C5)CC3)c3cc(C(N)=O)c(OC)cc23)NC(=O)[C@H]1F. The lowest BCUT2D eigenvalue weighted by Gasteiger charge is -2.53. The molecule has 350 valence electrons. The third kappa shape index (κ3) is 8.86. The van der Waals surface area contributed by atoms with Crippen molar-refractivity contribution in [2.45, 2.75) is 132 Å². The zero-order valence-electron chi connectivity index (χ0n) is 37.9. The van der Waals surface area contributed by atoms with E-state index in [0.717, 1.165) is 74.4 Å². The number of nitrogens with zero attached hydrogens (tertiary/aromatic N) is 3. The van der Waals surface area contributed by atoms with E-state index < -0.39 is 48.0 Å². The number of methoxy groups -OCH3 is 1. The van der Waals surface area contributed by atoms with Gasteiger partial charge in [0.15, 0.2) is 12.4 Å². The number of piperidine rings is 1. The van der Waals surface area contributed by atoms with Crippen LogP contribution in [0.4, 0.5) is 10.1 Å². The Kier molecular flexibility index (Phi) is 13.1. The zero-order valence-corrected chi connectivity index (χ0v) is 38.7. The van der Waals surface area contributed by atoms with Crippen LogP contribution >= 0.6 is 11.8 Å². The van der Waals surface area contributed by atoms with Crippen LogP contribution in [0.25, 0.3) is 10.8 Å². The molecule has 9 rings (SSSR count). The first-order chi connectivity index (χ1) is 31.8. The van der Waals surface area contributed by atoms with Crippen molar-refractivity contribution in [3.05, 3.63) is 58.8 Å². The first kappa shape index (κ1) is 45.9. The summed E-state index contributed by atoms with van der Waals surface area (Å²) in [5.74, 6) is 5.69. The maximum Gasteiger partial charge on any atom is 0.257 e. The Balaban J connectivity index is 0.762. The number of hydrogen-bond acceptors (Lipinski definition) is 11. The van der Waals surface area contributed by atoms with E-state index in [1.807, 2.05) is 19.1 Å². The summed E-state index contributed by atoms with van der Waals surface area (Å²) in [5, 5.41) is 22.3. The number of hydrogen-bond donors (Lipinski definition) is 5. The molecule has 16 heteroatoms. The lowest BCUT2D eigenvalue weighted by Crippen LogP contribution is -2.53. The molecule has 0 bridgehead atoms. The molecule has 3 saturated carbocycles. The number of primary amides is 1. The number of aliphatic hydroxyl groups excluding tert-OH is 1. The number of fused-ring (bicyclic) bond motifs is 2. The highest BCUT2D eigenvalue weighted by Crippen LogP contribution is 2.54. The van der Waals surface area contributed by atoms with E-state index in [-0.39, 0.29) is 42.3 Å². The quantitative estimate of drug-likeness (QED) is 0.0832. The maximum atomic E-state index is 14.5. The molecule has 5 fully saturated rings. The zero-order chi connectivity index (χ0) is 46.4. The van der Waals surface area contributed by atoms with Gasteiger partial charge in [-0.2, -0.15) is 0 Å². The minimum absolute atomic E-state index is 0.125. The Morgan fingerprint density at radius 2 is 1.83 bits per heavy atom. The van der Waals surface area contributed by atoms with Crippen LogP contribution in [0.15, 0.2) is 41.6 Å². The fraction of sp³-hybridized carbons (Fsp3) is 0.560. The Bertz CT molecular complexity index is 2490. The molecule has 3 aromatic rings. The number of amides is 5. The van der Waals surface area contributed by atoms with Gasteiger partial charge < -0.3 is 31.1 Å². The standard InChI is InChI=1S/C50H60FN7O7S/c1-4-32-38(55-46(62)43(32)51)26-66-47-35-21-40(65-3)36(44(52)60)20-34(35)29(24-53-47)13-12-27-8-10-28(11-9-27)25-57(2)31-16-18-50(19-17-31)22-30(23-50)54-37-7-5-6-33-42(37)49(64)58(48(33)63)39-14-15-41(59)56-45(39)61/h5-7,20-21,24,27-28,30-32,38-39,43,49,54,64H,4,8-11,14-19,22-23,25-26H2,1-3H3,(H2,52,60)(H,55,62)(H,56,59,61)/t27?,28?,30?,31?,32?,38?,39?,43-,49?,50?/m0/s1. The van der Waals surface area contributed by atoms with Crippen molar-refractivity contribution in [1.82, 2.24) is 25.4 Å². The molecule has 1 aromatic heterocycles. The molecule has 14 nitrogen and oxygen atoms in total. The van der Waals surface area contributed by atoms with Gasteiger partial charge >= 0.3 is 0 Å². The van der Waals surface area contributed by atoms with Crippen LogP contribution in [0.5, 0.6) is 5.75 Å². The van der Waals surface area contributed by atoms with Gasteiger partial charge in [-0.15, -0.1) is 11.8 Å². The molecule has 1 spiro atoms. The number of rotatable bonds is 12. The van der Waals surface area contributed by atoms with Gasteiger partial charge in [-0.25, -0.2) is 9.37 Å². The van der Waals surface area contributed by atoms with E-state index in [1.54, 1.807) is 24.4 Å². The highest BCUT2D eigenvalue weighted by molar-refractivity contribution is 7.99. The summed E-state index contributed by atoms with van der Waals surface area (Å²) in [6, 6.07) is 8.47. The van der Waals surface area contributed by atoms with Crippen LogP contribution in [0.1, 0.15) is 128 Å². The predicted molar refractivity (Wildman–Crippen MR) is 248 cm³/mol. The Labute approximate surface area is 389 Å². The third-order valence-electron chi connectivity index (χ3n) is 15.6. The van der Waals surface area contributed by atoms with Crippen LogP contribution in [0.2, 0.25) is 0 Å². The highest BCUT2D eigenvalue weighted by Gasteiger charge is 2.49. The molecule has 5 amide bonds. The number of nitrogens with one attached hydrogen (secondary N) is 3. The maximum absolute atomic E-state index is 14.5. The molecule has 4 heterocycles. The fourth-order valence-corrected chi connectivity index (χ4v) is 12.9. The van der Waals surface area contributed by atoms with Crippen LogP contribution < -0.4 is 26.4 Å². The molecular formula is C50H60FN7O7S. The molecule has 3 aliphatic heterocycles. The molecule has 66 heavy (non-hydrogen) atoms. The van der Waals surface area contributed by atoms with Gasteiger partial charge in [-0.1, -0.05) is 24.8 Å². The van der Waals surface area contributed by atoms with Crippen molar-refractivity contribution in [3.63, 3.8) is 0 Å². The number of nitrogens with two attached hydrogens (primary N) is 1. The van der Waals surface area contributed by atoms with E-state index in [9.17, 15) is 33.5 Å². The average molecular weight is 922 g/mol. The van der Waals surface area contributed by atoms with Gasteiger partial charge in [-0.05, 0) is 120 Å². The average Bonchev–Trinajstić information content (AvgIpc) is 3.72. The van der Waals surface area contributed by atoms with Crippen molar-refractivity contribution < 1.29 is 38.2 Å². The number of halogens is 1. The van der Waals surface area contributed by atoms with E-state index in [1.165, 1.54) is 36.6 Å². The topological polar surface area (TPSA) is 196 Å². The van der Waals surface area contributed by atoms with Gasteiger partial charge in [0.1, 0.15) is 16.8 Å². The van der Waals surface area contributed by atoms with Crippen molar-refractivity contribution in [2.75, 3.05) is 31.8 Å². The number of imide groups is 1. The molecule has 4 unspecified atom stereocenters. The molecule has 2 aromatic carbocycles. The van der Waals surface area contributed by atoms with E-state index in [0.29, 0.717) is 57.0 Å². The molecule has 2 saturated heterocycles. The molecular weight excluding hydrogens is 862 g/mol. The first-order valence-electron chi connectivity index (χ1n) is 23.6. The lowest BCUT2D eigenvalue weighted by molar-refractivity contribution is -0.139. The molecule has 5 atom stereocenters. The Hall–Kier alpha value is -5.24. The Morgan fingerprint density at radius 1 is 1.08 bits per heavy atom. The second kappa shape index (κ2) is 18.8. The summed E-state index contributed by atoms with van der Waals surface area (Å²) < 4.78 is 20.1. The second-order valence-electron chi connectivity index (χ2n) is 19.6. The van der Waals surface area contributed by atoms with Gasteiger partial charge in [0.05, 0.1) is 18.2 Å². The van der Waals surface area contributed by atoms with Crippen molar-refractivity contribution >= 4 is 57.8 Å². The molecule has 6 N–H and O–H groups in total. The lowest BCUT2D eigenvalue weighted by atomic mass is 9.57. The van der Waals surface area contributed by atoms with Gasteiger partial charge in [0.25, 0.3) is 17.7 Å². The number of benzene rings is 2. The van der Waals surface area contributed by atoms with E-state index in [2.05, 4.69) is 39.7 Å². The summed E-state index contributed by atoms with van der Waals surface area (Å²) >= 11 is 1.43. The summed E-state index contributed by atoms with van der Waals surface area (Å²) in [4.78, 5) is 70.8. The second-order valence-corrected chi connectivity index (χ2v) is 20.6. The predicted octanol–water partition coefficient (Wildman–Crippen LogP) is 5.84. The summed E-state index contributed by atoms with van der Waals surface area (Å²) in [6.07, 6.45) is 10.8. The van der Waals surface area contributed by atoms with Crippen molar-refractivity contribution in [3.8, 4) is 17.6 Å². The number of pyridine rings is 1. The number of anilines is 1. The van der Waals surface area contributed by atoms with Gasteiger partial charge in [0, 0.05) is 82.5 Å². The molecule has 3 aliphatic carbocycles. The van der Waals surface area contributed by atoms with Gasteiger partial charge in [-0.3, -0.25) is 34.2 Å². The normalized spacial score (nSPS) is 30.7. The van der Waals surface area contributed by atoms with Crippen LogP contribution in [-0.2, 0) is 14.4 Å². The number of thioether (sulfide) groups is 1. The van der Waals surface area contributed by atoms with Crippen LogP contribution in [0.3, 0.4) is 0 Å². The monoisotopic (exact) mass is 921 g/mol. The largest absolute Gasteiger partial charge is 0.496 e. The van der Waals surface area contributed by atoms with E-state index in [4.69, 9.17) is 15.5 Å².